The number of rotatable bonds is 5. The number of benzene rings is 1. The molecule has 8 heteroatoms. The van der Waals surface area contributed by atoms with Crippen LogP contribution in [0, 0.1) is 0 Å². The highest BCUT2D eigenvalue weighted by molar-refractivity contribution is 6.03. The smallest absolute Gasteiger partial charge is 0.253 e. The van der Waals surface area contributed by atoms with Crippen LogP contribution in [0.1, 0.15) is 35.7 Å². The minimum atomic E-state index is -0.0522. The summed E-state index contributed by atoms with van der Waals surface area (Å²) in [6.07, 6.45) is 3.91. The first-order valence-electron chi connectivity index (χ1n) is 11.9. The van der Waals surface area contributed by atoms with E-state index in [2.05, 4.69) is 26.1 Å². The topological polar surface area (TPSA) is 72.0 Å². The van der Waals surface area contributed by atoms with Crippen LogP contribution in [-0.2, 0) is 11.3 Å². The van der Waals surface area contributed by atoms with Gasteiger partial charge < -0.3 is 20.0 Å². The molecule has 2 fully saturated rings. The zero-order valence-electron chi connectivity index (χ0n) is 19.5. The van der Waals surface area contributed by atoms with Crippen molar-refractivity contribution in [3.8, 4) is 0 Å². The molecule has 0 radical (unpaired) electrons. The van der Waals surface area contributed by atoms with Crippen molar-refractivity contribution in [2.24, 2.45) is 0 Å². The van der Waals surface area contributed by atoms with E-state index < -0.39 is 0 Å². The molecule has 1 N–H and O–H groups in total. The summed E-state index contributed by atoms with van der Waals surface area (Å²) in [5, 5.41) is 3.06. The number of aromatic nitrogens is 1. The quantitative estimate of drug-likeness (QED) is 0.758. The summed E-state index contributed by atoms with van der Waals surface area (Å²) >= 11 is 0. The molecule has 3 aliphatic rings. The second kappa shape index (κ2) is 9.02. The van der Waals surface area contributed by atoms with Crippen molar-refractivity contribution in [2.75, 3.05) is 61.4 Å². The van der Waals surface area contributed by atoms with Gasteiger partial charge in [0, 0.05) is 70.3 Å². The van der Waals surface area contributed by atoms with Crippen LogP contribution >= 0.6 is 0 Å². The maximum Gasteiger partial charge on any atom is 0.253 e. The summed E-state index contributed by atoms with van der Waals surface area (Å²) in [4.78, 5) is 38.1. The Labute approximate surface area is 195 Å². The van der Waals surface area contributed by atoms with Gasteiger partial charge in [-0.15, -0.1) is 0 Å². The average molecular weight is 449 g/mol. The number of pyridine rings is 1. The van der Waals surface area contributed by atoms with Gasteiger partial charge >= 0.3 is 0 Å². The Balaban J connectivity index is 1.18. The number of carbonyl (C=O) groups is 2. The molecule has 5 rings (SSSR count). The Kier molecular flexibility index (Phi) is 5.93. The van der Waals surface area contributed by atoms with E-state index in [1.807, 2.05) is 44.4 Å². The molecular weight excluding hydrogens is 416 g/mol. The predicted octanol–water partition coefficient (Wildman–Crippen LogP) is 2.42. The maximum atomic E-state index is 12.4. The van der Waals surface area contributed by atoms with Crippen LogP contribution in [0.3, 0.4) is 0 Å². The van der Waals surface area contributed by atoms with Crippen LogP contribution in [0.4, 0.5) is 17.2 Å². The fraction of sp³-hybridized carbons (Fsp3) is 0.480. The summed E-state index contributed by atoms with van der Waals surface area (Å²) < 4.78 is 0. The first-order valence-corrected chi connectivity index (χ1v) is 11.9. The van der Waals surface area contributed by atoms with E-state index >= 15 is 0 Å². The molecule has 1 atom stereocenters. The minimum absolute atomic E-state index is 0.0522. The Hall–Kier alpha value is -3.13. The van der Waals surface area contributed by atoms with Gasteiger partial charge in [-0.1, -0.05) is 0 Å². The molecule has 0 unspecified atom stereocenters. The third-order valence-corrected chi connectivity index (χ3v) is 7.09. The largest absolute Gasteiger partial charge is 0.369 e. The van der Waals surface area contributed by atoms with Gasteiger partial charge in [0.25, 0.3) is 5.91 Å². The first kappa shape index (κ1) is 21.7. The van der Waals surface area contributed by atoms with Crippen LogP contribution in [0.2, 0.25) is 0 Å². The van der Waals surface area contributed by atoms with Gasteiger partial charge in [-0.05, 0) is 55.7 Å². The lowest BCUT2D eigenvalue weighted by Crippen LogP contribution is -2.46. The molecule has 8 nitrogen and oxygen atoms in total. The number of nitrogens with one attached hydrogen (secondary N) is 1. The molecule has 0 bridgehead atoms. The monoisotopic (exact) mass is 448 g/mol. The number of hydrogen-bond acceptors (Lipinski definition) is 6. The molecule has 174 valence electrons. The lowest BCUT2D eigenvalue weighted by molar-refractivity contribution is -0.117. The highest BCUT2D eigenvalue weighted by Crippen LogP contribution is 2.35. The Morgan fingerprint density at radius 1 is 1.15 bits per heavy atom. The number of fused-ring (bicyclic) bond motifs is 3. The average Bonchev–Trinajstić information content (AvgIpc) is 3.35. The Morgan fingerprint density at radius 2 is 1.91 bits per heavy atom. The second-order valence-corrected chi connectivity index (χ2v) is 9.18. The molecule has 2 amide bonds. The molecule has 4 heterocycles. The van der Waals surface area contributed by atoms with E-state index in [1.54, 1.807) is 4.90 Å². The van der Waals surface area contributed by atoms with Gasteiger partial charge in [0.2, 0.25) is 5.91 Å². The first-order chi connectivity index (χ1) is 16.0. The van der Waals surface area contributed by atoms with E-state index in [0.717, 1.165) is 80.4 Å². The van der Waals surface area contributed by atoms with Crippen molar-refractivity contribution in [1.82, 2.24) is 14.8 Å². The molecule has 0 spiro atoms. The van der Waals surface area contributed by atoms with Gasteiger partial charge in [-0.25, -0.2) is 4.98 Å². The van der Waals surface area contributed by atoms with Gasteiger partial charge in [0.05, 0.1) is 5.69 Å². The highest BCUT2D eigenvalue weighted by Gasteiger charge is 2.37. The zero-order valence-corrected chi connectivity index (χ0v) is 19.5. The molecule has 3 aliphatic heterocycles. The number of anilines is 3. The molecule has 33 heavy (non-hydrogen) atoms. The van der Waals surface area contributed by atoms with Gasteiger partial charge in [-0.2, -0.15) is 0 Å². The normalized spacial score (nSPS) is 20.3. The number of carbonyl (C=O) groups excluding carboxylic acids is 2. The van der Waals surface area contributed by atoms with Crippen LogP contribution < -0.4 is 15.1 Å². The van der Waals surface area contributed by atoms with Crippen LogP contribution in [0.5, 0.6) is 0 Å². The predicted molar refractivity (Wildman–Crippen MR) is 130 cm³/mol. The second-order valence-electron chi connectivity index (χ2n) is 9.18. The maximum absolute atomic E-state index is 12.4. The van der Waals surface area contributed by atoms with Crippen molar-refractivity contribution in [2.45, 2.75) is 32.4 Å². The van der Waals surface area contributed by atoms with Crippen molar-refractivity contribution < 1.29 is 9.59 Å². The van der Waals surface area contributed by atoms with Gasteiger partial charge in [-0.3, -0.25) is 14.5 Å². The van der Waals surface area contributed by atoms with Crippen molar-refractivity contribution in [3.63, 3.8) is 0 Å². The van der Waals surface area contributed by atoms with Crippen molar-refractivity contribution >= 4 is 29.0 Å². The van der Waals surface area contributed by atoms with Gasteiger partial charge in [0.15, 0.2) is 5.82 Å². The molecule has 0 saturated carbocycles. The molecule has 2 aromatic rings. The SMILES string of the molecule is CCN(C)C(=O)c1ccc(N2CCN(Cc3cnc4c(c3)NC(=O)[C@@H]3CCCN43)CC2)cc1. The highest BCUT2D eigenvalue weighted by atomic mass is 16.2. The van der Waals surface area contributed by atoms with Crippen LogP contribution in [-0.4, -0.2) is 79.0 Å². The fourth-order valence-corrected chi connectivity index (χ4v) is 5.02. The van der Waals surface area contributed by atoms with E-state index in [4.69, 9.17) is 4.98 Å². The Morgan fingerprint density at radius 3 is 2.64 bits per heavy atom. The molecular formula is C25H32N6O2. The van der Waals surface area contributed by atoms with E-state index in [-0.39, 0.29) is 17.9 Å². The third kappa shape index (κ3) is 4.27. The van der Waals surface area contributed by atoms with Crippen LogP contribution in [0.25, 0.3) is 0 Å². The Bertz CT molecular complexity index is 1030. The summed E-state index contributed by atoms with van der Waals surface area (Å²) in [5.41, 5.74) is 3.86. The van der Waals surface area contributed by atoms with Crippen LogP contribution in [0.15, 0.2) is 36.5 Å². The van der Waals surface area contributed by atoms with E-state index in [0.29, 0.717) is 6.54 Å². The molecule has 1 aromatic heterocycles. The lowest BCUT2D eigenvalue weighted by Gasteiger charge is -2.36. The van der Waals surface area contributed by atoms with Crippen molar-refractivity contribution in [3.05, 3.63) is 47.7 Å². The van der Waals surface area contributed by atoms with Crippen molar-refractivity contribution in [1.29, 1.82) is 0 Å². The lowest BCUT2D eigenvalue weighted by atomic mass is 10.1. The summed E-state index contributed by atoms with van der Waals surface area (Å²) in [6.45, 7) is 8.19. The fourth-order valence-electron chi connectivity index (χ4n) is 5.02. The summed E-state index contributed by atoms with van der Waals surface area (Å²) in [7, 11) is 1.82. The van der Waals surface area contributed by atoms with E-state index in [9.17, 15) is 9.59 Å². The number of nitrogens with zero attached hydrogens (tertiary/aromatic N) is 5. The van der Waals surface area contributed by atoms with E-state index in [1.165, 1.54) is 0 Å². The number of piperazine rings is 1. The third-order valence-electron chi connectivity index (χ3n) is 7.09. The summed E-state index contributed by atoms with van der Waals surface area (Å²) in [6, 6.07) is 9.98. The number of amides is 2. The molecule has 2 saturated heterocycles. The molecule has 0 aliphatic carbocycles. The minimum Gasteiger partial charge on any atom is -0.369 e. The molecule has 1 aromatic carbocycles. The summed E-state index contributed by atoms with van der Waals surface area (Å²) in [5.74, 6) is 1.07. The number of hydrogen-bond donors (Lipinski definition) is 1. The standard InChI is InChI=1S/C25H32N6O2/c1-3-28(2)25(33)19-6-8-20(9-7-19)30-13-11-29(12-14-30)17-18-15-21-23(26-16-18)31-10-4-5-22(31)24(32)27-21/h6-9,15-16,22H,3-5,10-14,17H2,1-2H3,(H,27,32)/t22-/m0/s1. The zero-order chi connectivity index (χ0) is 22.9. The van der Waals surface area contributed by atoms with Gasteiger partial charge in [0.1, 0.15) is 6.04 Å².